The number of thioether (sulfide) groups is 1. The standard InChI is InChI=1S/C15H19NS2.C14H20N2.2C2H6/c1-3-11-17-14-10-9-12(2)15(16-18-14)13-7-5-4-6-8-13;1-11(2)10-12(3)16-14(15-4)13-8-6-5-7-9-13;2*1-2/h4-8,10,12H,3,9,11H2,1-2H3;5-9,11H,10H2,1-4H3;2*1-2H3. The highest BCUT2D eigenvalue weighted by atomic mass is 32.2. The van der Waals surface area contributed by atoms with E-state index in [-0.39, 0.29) is 0 Å². The zero-order valence-corrected chi connectivity index (χ0v) is 27.1. The monoisotopic (exact) mass is 553 g/mol. The molecular weight excluding hydrogens is 503 g/mol. The van der Waals surface area contributed by atoms with E-state index in [4.69, 9.17) is 4.40 Å². The van der Waals surface area contributed by atoms with Crippen LogP contribution in [0.1, 0.15) is 92.7 Å². The summed E-state index contributed by atoms with van der Waals surface area (Å²) in [5, 5.41) is 0. The molecule has 1 heterocycles. The van der Waals surface area contributed by atoms with Gasteiger partial charge in [0.2, 0.25) is 0 Å². The van der Waals surface area contributed by atoms with Gasteiger partial charge in [0.1, 0.15) is 0 Å². The zero-order valence-electron chi connectivity index (χ0n) is 25.5. The Balaban J connectivity index is 0.000000641. The van der Waals surface area contributed by atoms with Crippen LogP contribution in [0.25, 0.3) is 0 Å². The smallest absolute Gasteiger partial charge is 0.154 e. The zero-order chi connectivity index (χ0) is 28.8. The van der Waals surface area contributed by atoms with Crippen LogP contribution < -0.4 is 0 Å². The number of benzene rings is 2. The van der Waals surface area contributed by atoms with Crippen LogP contribution in [0.5, 0.6) is 0 Å². The molecule has 0 N–H and O–H groups in total. The second-order valence-corrected chi connectivity index (χ2v) is 11.0. The van der Waals surface area contributed by atoms with Crippen molar-refractivity contribution >= 4 is 41.0 Å². The second-order valence-electron chi connectivity index (χ2n) is 8.80. The van der Waals surface area contributed by atoms with E-state index in [1.165, 1.54) is 27.7 Å². The fourth-order valence-electron chi connectivity index (χ4n) is 3.49. The lowest BCUT2D eigenvalue weighted by atomic mass is 9.96. The van der Waals surface area contributed by atoms with Gasteiger partial charge in [-0.05, 0) is 43.4 Å². The predicted molar refractivity (Wildman–Crippen MR) is 179 cm³/mol. The number of hydrogen-bond donors (Lipinski definition) is 0. The highest BCUT2D eigenvalue weighted by Gasteiger charge is 2.16. The van der Waals surface area contributed by atoms with Gasteiger partial charge in [-0.3, -0.25) is 4.99 Å². The highest BCUT2D eigenvalue weighted by molar-refractivity contribution is 8.21. The molecule has 1 aliphatic rings. The molecule has 0 saturated heterocycles. The van der Waals surface area contributed by atoms with Crippen molar-refractivity contribution in [3.05, 3.63) is 82.1 Å². The summed E-state index contributed by atoms with van der Waals surface area (Å²) in [5.41, 5.74) is 4.70. The van der Waals surface area contributed by atoms with E-state index in [1.54, 1.807) is 19.0 Å². The number of aliphatic imine (C=N–C) groups is 2. The fraction of sp³-hybridized carbons (Fsp3) is 0.485. The lowest BCUT2D eigenvalue weighted by Gasteiger charge is -2.10. The lowest BCUT2D eigenvalue weighted by Crippen LogP contribution is -2.10. The number of amidine groups is 1. The summed E-state index contributed by atoms with van der Waals surface area (Å²) < 4.78 is 6.11. The third-order valence-corrected chi connectivity index (χ3v) is 7.38. The Bertz CT molecular complexity index is 978. The van der Waals surface area contributed by atoms with Gasteiger partial charge in [-0.1, -0.05) is 122 Å². The first-order chi connectivity index (χ1) is 18.4. The first kappa shape index (κ1) is 35.9. The predicted octanol–water partition coefficient (Wildman–Crippen LogP) is 10.8. The first-order valence-electron chi connectivity index (χ1n) is 14.1. The van der Waals surface area contributed by atoms with Crippen LogP contribution in [0, 0.1) is 11.8 Å². The van der Waals surface area contributed by atoms with Crippen molar-refractivity contribution in [2.75, 3.05) is 12.8 Å². The van der Waals surface area contributed by atoms with E-state index in [9.17, 15) is 0 Å². The molecular formula is C33H51N3S2. The van der Waals surface area contributed by atoms with E-state index < -0.39 is 0 Å². The van der Waals surface area contributed by atoms with Crippen molar-refractivity contribution in [3.8, 4) is 0 Å². The van der Waals surface area contributed by atoms with Gasteiger partial charge in [-0.25, -0.2) is 9.39 Å². The summed E-state index contributed by atoms with van der Waals surface area (Å²) in [6.07, 6.45) is 5.67. The minimum Gasteiger partial charge on any atom is -0.270 e. The summed E-state index contributed by atoms with van der Waals surface area (Å²) in [5.74, 6) is 3.14. The minimum atomic E-state index is 0.500. The number of allylic oxidation sites excluding steroid dienone is 1. The molecule has 3 nitrogen and oxygen atoms in total. The Hall–Kier alpha value is -2.11. The number of hydrogen-bond acceptors (Lipinski definition) is 4. The van der Waals surface area contributed by atoms with Crippen LogP contribution in [0.3, 0.4) is 0 Å². The molecule has 210 valence electrons. The summed E-state index contributed by atoms with van der Waals surface area (Å²) in [7, 11) is 1.79. The quantitative estimate of drug-likeness (QED) is 0.194. The van der Waals surface area contributed by atoms with Gasteiger partial charge in [-0.15, -0.1) is 11.8 Å². The molecule has 0 aromatic heterocycles. The summed E-state index contributed by atoms with van der Waals surface area (Å²) in [6.45, 7) is 18.9. The van der Waals surface area contributed by atoms with E-state index >= 15 is 0 Å². The van der Waals surface area contributed by atoms with Crippen molar-refractivity contribution in [1.82, 2.24) is 0 Å². The Morgan fingerprint density at radius 3 is 2.11 bits per heavy atom. The lowest BCUT2D eigenvalue weighted by molar-refractivity contribution is 0.683. The first-order valence-corrected chi connectivity index (χ1v) is 15.9. The van der Waals surface area contributed by atoms with Crippen molar-refractivity contribution in [2.24, 2.45) is 26.2 Å². The van der Waals surface area contributed by atoms with Crippen LogP contribution in [-0.2, 0) is 0 Å². The van der Waals surface area contributed by atoms with Gasteiger partial charge < -0.3 is 0 Å². The van der Waals surface area contributed by atoms with E-state index in [0.717, 1.165) is 30.0 Å². The molecule has 1 unspecified atom stereocenters. The third kappa shape index (κ3) is 14.7. The van der Waals surface area contributed by atoms with Crippen molar-refractivity contribution in [2.45, 2.75) is 81.6 Å². The normalized spacial score (nSPS) is 15.4. The SMILES string of the molecule is CC.CC.CCCSC1=CCC(C)C(c2ccccc2)=NS1.CN=C(N=C(C)CC(C)C)c1ccccc1. The van der Waals surface area contributed by atoms with E-state index in [1.807, 2.05) is 69.8 Å². The largest absolute Gasteiger partial charge is 0.270 e. The van der Waals surface area contributed by atoms with E-state index in [0.29, 0.717) is 11.8 Å². The maximum absolute atomic E-state index is 4.75. The van der Waals surface area contributed by atoms with Crippen molar-refractivity contribution in [3.63, 3.8) is 0 Å². The van der Waals surface area contributed by atoms with Crippen molar-refractivity contribution < 1.29 is 0 Å². The molecule has 2 aromatic carbocycles. The van der Waals surface area contributed by atoms with Crippen LogP contribution in [-0.4, -0.2) is 30.1 Å². The summed E-state index contributed by atoms with van der Waals surface area (Å²) in [6, 6.07) is 20.6. The maximum Gasteiger partial charge on any atom is 0.154 e. The molecule has 1 atom stereocenters. The van der Waals surface area contributed by atoms with Crippen LogP contribution in [0.15, 0.2) is 85.4 Å². The molecule has 0 aliphatic carbocycles. The molecule has 5 heteroatoms. The average molecular weight is 554 g/mol. The Labute approximate surface area is 243 Å². The van der Waals surface area contributed by atoms with Gasteiger partial charge in [0, 0.05) is 36.2 Å². The topological polar surface area (TPSA) is 37.1 Å². The van der Waals surface area contributed by atoms with Crippen LogP contribution >= 0.6 is 23.7 Å². The van der Waals surface area contributed by atoms with Gasteiger partial charge in [0.15, 0.2) is 5.84 Å². The number of rotatable bonds is 7. The molecule has 0 radical (unpaired) electrons. The highest BCUT2D eigenvalue weighted by Crippen LogP contribution is 2.35. The molecule has 0 spiro atoms. The minimum absolute atomic E-state index is 0.500. The van der Waals surface area contributed by atoms with Crippen molar-refractivity contribution in [1.29, 1.82) is 0 Å². The second kappa shape index (κ2) is 22.8. The molecule has 0 fully saturated rings. The molecule has 0 amide bonds. The Morgan fingerprint density at radius 1 is 1.00 bits per heavy atom. The van der Waals surface area contributed by atoms with E-state index in [2.05, 4.69) is 81.0 Å². The molecule has 0 saturated carbocycles. The van der Waals surface area contributed by atoms with Crippen LogP contribution in [0.2, 0.25) is 0 Å². The summed E-state index contributed by atoms with van der Waals surface area (Å²) in [4.78, 5) is 8.81. The Kier molecular flexibility index (Phi) is 21.6. The average Bonchev–Trinajstić information content (AvgIpc) is 3.14. The fourth-order valence-corrected chi connectivity index (χ4v) is 5.32. The van der Waals surface area contributed by atoms with Gasteiger partial charge >= 0.3 is 0 Å². The third-order valence-electron chi connectivity index (χ3n) is 5.10. The summed E-state index contributed by atoms with van der Waals surface area (Å²) >= 11 is 3.57. The van der Waals surface area contributed by atoms with Crippen LogP contribution in [0.4, 0.5) is 0 Å². The molecule has 3 rings (SSSR count). The van der Waals surface area contributed by atoms with Gasteiger partial charge in [0.25, 0.3) is 0 Å². The molecule has 38 heavy (non-hydrogen) atoms. The molecule has 0 bridgehead atoms. The molecule has 2 aromatic rings. The number of nitrogens with zero attached hydrogens (tertiary/aromatic N) is 3. The molecule has 1 aliphatic heterocycles. The van der Waals surface area contributed by atoms with Gasteiger partial charge in [-0.2, -0.15) is 0 Å². The maximum atomic E-state index is 4.75. The van der Waals surface area contributed by atoms with Gasteiger partial charge in [0.05, 0.1) is 9.95 Å². The Morgan fingerprint density at radius 2 is 1.58 bits per heavy atom.